The standard InChI is InChI=1S/C30H30N4O5/c1-5-39-30(38)21-11-16-24-25(17-21)32-29(37)27(24)28(20-9-7-6-8-10-20)31-22-12-14-23(15-13-22)34(19(2)35)18-26(36)33(3)4/h6-17,31H,5,18H2,1-4H3,(H,32,37). The first-order valence-corrected chi connectivity index (χ1v) is 12.5. The first-order chi connectivity index (χ1) is 18.7. The molecule has 0 fully saturated rings. The smallest absolute Gasteiger partial charge is 0.338 e. The van der Waals surface area contributed by atoms with E-state index in [0.29, 0.717) is 39.5 Å². The normalized spacial score (nSPS) is 13.2. The van der Waals surface area contributed by atoms with E-state index in [1.165, 1.54) is 16.7 Å². The maximum atomic E-state index is 13.2. The van der Waals surface area contributed by atoms with Crippen molar-refractivity contribution in [3.8, 4) is 0 Å². The van der Waals surface area contributed by atoms with Crippen molar-refractivity contribution in [2.75, 3.05) is 42.8 Å². The van der Waals surface area contributed by atoms with Crippen molar-refractivity contribution in [2.45, 2.75) is 13.8 Å². The van der Waals surface area contributed by atoms with Crippen LogP contribution in [0.5, 0.6) is 0 Å². The van der Waals surface area contributed by atoms with Gasteiger partial charge in [0.15, 0.2) is 0 Å². The topological polar surface area (TPSA) is 108 Å². The molecule has 1 heterocycles. The first-order valence-electron chi connectivity index (χ1n) is 12.5. The van der Waals surface area contributed by atoms with Gasteiger partial charge in [-0.3, -0.25) is 14.4 Å². The van der Waals surface area contributed by atoms with Gasteiger partial charge in [0.25, 0.3) is 5.91 Å². The van der Waals surface area contributed by atoms with Crippen LogP contribution in [-0.4, -0.2) is 55.8 Å². The Hall–Kier alpha value is -4.92. The number of ether oxygens (including phenoxy) is 1. The molecule has 200 valence electrons. The van der Waals surface area contributed by atoms with E-state index in [9.17, 15) is 19.2 Å². The average Bonchev–Trinajstić information content (AvgIpc) is 3.25. The van der Waals surface area contributed by atoms with Crippen LogP contribution in [-0.2, 0) is 19.1 Å². The van der Waals surface area contributed by atoms with Crippen molar-refractivity contribution in [1.82, 2.24) is 4.90 Å². The van der Waals surface area contributed by atoms with Crippen molar-refractivity contribution >= 4 is 52.0 Å². The number of carbonyl (C=O) groups excluding carboxylic acids is 4. The van der Waals surface area contributed by atoms with Crippen LogP contribution in [0.2, 0.25) is 0 Å². The van der Waals surface area contributed by atoms with Crippen LogP contribution < -0.4 is 15.5 Å². The van der Waals surface area contributed by atoms with Crippen LogP contribution in [0.1, 0.15) is 35.3 Å². The number of benzene rings is 3. The number of esters is 1. The molecule has 0 spiro atoms. The minimum atomic E-state index is -0.458. The molecule has 9 heteroatoms. The number of likely N-dealkylation sites (N-methyl/N-ethyl adjacent to an activating group) is 1. The fourth-order valence-corrected chi connectivity index (χ4v) is 4.18. The van der Waals surface area contributed by atoms with Crippen molar-refractivity contribution in [3.63, 3.8) is 0 Å². The van der Waals surface area contributed by atoms with Gasteiger partial charge in [-0.15, -0.1) is 0 Å². The summed E-state index contributed by atoms with van der Waals surface area (Å²) in [6.45, 7) is 3.33. The lowest BCUT2D eigenvalue weighted by molar-refractivity contribution is -0.129. The predicted molar refractivity (Wildman–Crippen MR) is 151 cm³/mol. The molecule has 0 saturated heterocycles. The molecule has 4 rings (SSSR count). The number of carbonyl (C=O) groups is 4. The fraction of sp³-hybridized carbons (Fsp3) is 0.200. The number of fused-ring (bicyclic) bond motifs is 1. The zero-order valence-electron chi connectivity index (χ0n) is 22.3. The van der Waals surface area contributed by atoms with Crippen LogP contribution in [0.25, 0.3) is 11.3 Å². The molecule has 0 bridgehead atoms. The van der Waals surface area contributed by atoms with E-state index in [1.54, 1.807) is 63.5 Å². The summed E-state index contributed by atoms with van der Waals surface area (Å²) in [5.41, 5.74) is 4.58. The Kier molecular flexibility index (Phi) is 8.10. The Morgan fingerprint density at radius 2 is 1.62 bits per heavy atom. The highest BCUT2D eigenvalue weighted by atomic mass is 16.5. The fourth-order valence-electron chi connectivity index (χ4n) is 4.18. The molecular formula is C30H30N4O5. The number of hydrogen-bond donors (Lipinski definition) is 2. The maximum absolute atomic E-state index is 13.2. The molecule has 39 heavy (non-hydrogen) atoms. The lowest BCUT2D eigenvalue weighted by atomic mass is 9.99. The Labute approximate surface area is 227 Å². The summed E-state index contributed by atoms with van der Waals surface area (Å²) in [7, 11) is 3.28. The van der Waals surface area contributed by atoms with Crippen LogP contribution in [0.4, 0.5) is 17.1 Å². The van der Waals surface area contributed by atoms with E-state index >= 15 is 0 Å². The highest BCUT2D eigenvalue weighted by molar-refractivity contribution is 6.37. The zero-order chi connectivity index (χ0) is 28.1. The van der Waals surface area contributed by atoms with Gasteiger partial charge in [0.2, 0.25) is 11.8 Å². The lowest BCUT2D eigenvalue weighted by Gasteiger charge is -2.23. The van der Waals surface area contributed by atoms with Crippen LogP contribution in [0.15, 0.2) is 72.8 Å². The van der Waals surface area contributed by atoms with Crippen LogP contribution in [0.3, 0.4) is 0 Å². The summed E-state index contributed by atoms with van der Waals surface area (Å²) < 4.78 is 5.09. The van der Waals surface area contributed by atoms with E-state index < -0.39 is 5.97 Å². The molecule has 0 unspecified atom stereocenters. The van der Waals surface area contributed by atoms with E-state index in [2.05, 4.69) is 10.6 Å². The lowest BCUT2D eigenvalue weighted by Crippen LogP contribution is -2.39. The third-order valence-electron chi connectivity index (χ3n) is 6.21. The van der Waals surface area contributed by atoms with Gasteiger partial charge in [0.05, 0.1) is 29.1 Å². The van der Waals surface area contributed by atoms with E-state index in [-0.39, 0.29) is 30.9 Å². The first kappa shape index (κ1) is 27.1. The second kappa shape index (κ2) is 11.6. The van der Waals surface area contributed by atoms with Gasteiger partial charge in [-0.25, -0.2) is 4.79 Å². The average molecular weight is 527 g/mol. The van der Waals surface area contributed by atoms with E-state index in [1.807, 2.05) is 30.3 Å². The number of nitrogens with zero attached hydrogens (tertiary/aromatic N) is 2. The summed E-state index contributed by atoms with van der Waals surface area (Å²) in [5, 5.41) is 6.23. The number of rotatable bonds is 8. The number of anilines is 3. The van der Waals surface area contributed by atoms with Gasteiger partial charge >= 0.3 is 5.97 Å². The van der Waals surface area contributed by atoms with Gasteiger partial charge in [0, 0.05) is 38.0 Å². The van der Waals surface area contributed by atoms with Gasteiger partial charge < -0.3 is 25.2 Å². The molecule has 0 radical (unpaired) electrons. The second-order valence-corrected chi connectivity index (χ2v) is 9.12. The van der Waals surface area contributed by atoms with Crippen molar-refractivity contribution in [3.05, 3.63) is 89.5 Å². The van der Waals surface area contributed by atoms with Gasteiger partial charge in [-0.05, 0) is 48.9 Å². The highest BCUT2D eigenvalue weighted by Gasteiger charge is 2.29. The van der Waals surface area contributed by atoms with E-state index in [4.69, 9.17) is 4.74 Å². The molecule has 0 saturated carbocycles. The molecule has 0 atom stereocenters. The SMILES string of the molecule is CCOC(=O)c1ccc2c(c1)NC(=O)C2=C(Nc1ccc(N(CC(=O)N(C)C)C(C)=O)cc1)c1ccccc1. The second-order valence-electron chi connectivity index (χ2n) is 9.12. The maximum Gasteiger partial charge on any atom is 0.338 e. The van der Waals surface area contributed by atoms with Crippen molar-refractivity contribution < 1.29 is 23.9 Å². The van der Waals surface area contributed by atoms with Gasteiger partial charge in [0.1, 0.15) is 6.54 Å². The Bertz CT molecular complexity index is 1450. The van der Waals surface area contributed by atoms with E-state index in [0.717, 1.165) is 5.56 Å². The highest BCUT2D eigenvalue weighted by Crippen LogP contribution is 2.38. The molecule has 3 amide bonds. The molecular weight excluding hydrogens is 496 g/mol. The number of amides is 3. The summed E-state index contributed by atoms with van der Waals surface area (Å²) in [4.78, 5) is 52.7. The van der Waals surface area contributed by atoms with Gasteiger partial charge in [-0.1, -0.05) is 36.4 Å². The summed E-state index contributed by atoms with van der Waals surface area (Å²) in [5.74, 6) is -1.21. The molecule has 3 aromatic rings. The molecule has 3 aromatic carbocycles. The molecule has 1 aliphatic rings. The molecule has 9 nitrogen and oxygen atoms in total. The largest absolute Gasteiger partial charge is 0.462 e. The number of hydrogen-bond acceptors (Lipinski definition) is 6. The number of nitrogens with one attached hydrogen (secondary N) is 2. The molecule has 2 N–H and O–H groups in total. The summed E-state index contributed by atoms with van der Waals surface area (Å²) in [6, 6.07) is 21.5. The third kappa shape index (κ3) is 5.98. The van der Waals surface area contributed by atoms with Gasteiger partial charge in [-0.2, -0.15) is 0 Å². The Morgan fingerprint density at radius 1 is 0.923 bits per heavy atom. The summed E-state index contributed by atoms with van der Waals surface area (Å²) in [6.07, 6.45) is 0. The predicted octanol–water partition coefficient (Wildman–Crippen LogP) is 4.24. The summed E-state index contributed by atoms with van der Waals surface area (Å²) >= 11 is 0. The molecule has 1 aliphatic heterocycles. The minimum absolute atomic E-state index is 0.0703. The molecule has 0 aromatic heterocycles. The van der Waals surface area contributed by atoms with Crippen molar-refractivity contribution in [2.24, 2.45) is 0 Å². The Morgan fingerprint density at radius 3 is 2.23 bits per heavy atom. The van der Waals surface area contributed by atoms with Crippen LogP contribution in [0, 0.1) is 0 Å². The quantitative estimate of drug-likeness (QED) is 0.336. The third-order valence-corrected chi connectivity index (χ3v) is 6.21. The zero-order valence-corrected chi connectivity index (χ0v) is 22.3. The van der Waals surface area contributed by atoms with Crippen LogP contribution >= 0.6 is 0 Å². The monoisotopic (exact) mass is 526 g/mol. The minimum Gasteiger partial charge on any atom is -0.462 e. The molecule has 0 aliphatic carbocycles. The Balaban J connectivity index is 1.71. The van der Waals surface area contributed by atoms with Crippen molar-refractivity contribution in [1.29, 1.82) is 0 Å².